The number of carbonyl (C=O) groups is 3. The Morgan fingerprint density at radius 2 is 1.76 bits per heavy atom. The summed E-state index contributed by atoms with van der Waals surface area (Å²) in [5.41, 5.74) is 1.92. The molecule has 3 rings (SSSR count). The maximum atomic E-state index is 13.0. The number of hydrogen-bond acceptors (Lipinski definition) is 5. The van der Waals surface area contributed by atoms with E-state index in [0.29, 0.717) is 41.3 Å². The Labute approximate surface area is 192 Å². The fraction of sp³-hybridized carbons (Fsp3) is 0.240. The summed E-state index contributed by atoms with van der Waals surface area (Å²) in [5.74, 6) is 0.0636. The van der Waals surface area contributed by atoms with Crippen molar-refractivity contribution < 1.29 is 24.0 Å². The molecule has 0 aliphatic rings. The zero-order valence-corrected chi connectivity index (χ0v) is 18.4. The maximum absolute atomic E-state index is 13.0. The number of hydroxylamine groups is 2. The van der Waals surface area contributed by atoms with Gasteiger partial charge in [-0.2, -0.15) is 0 Å². The SMILES string of the molecule is CCCCC(=O)N(CNC(=O)c1ccc(-c2ccccc2)o1)c1ccccc1CN(O)C=O. The van der Waals surface area contributed by atoms with Gasteiger partial charge in [0.25, 0.3) is 5.91 Å². The molecule has 33 heavy (non-hydrogen) atoms. The zero-order chi connectivity index (χ0) is 23.6. The summed E-state index contributed by atoms with van der Waals surface area (Å²) in [6, 6.07) is 19.7. The van der Waals surface area contributed by atoms with E-state index >= 15 is 0 Å². The fourth-order valence-electron chi connectivity index (χ4n) is 3.35. The lowest BCUT2D eigenvalue weighted by atomic mass is 10.1. The zero-order valence-electron chi connectivity index (χ0n) is 18.4. The number of amides is 3. The number of para-hydroxylation sites is 1. The number of nitrogens with zero attached hydrogens (tertiary/aromatic N) is 2. The molecule has 0 aliphatic heterocycles. The Hall–Kier alpha value is -3.91. The van der Waals surface area contributed by atoms with Crippen LogP contribution < -0.4 is 10.2 Å². The predicted octanol–water partition coefficient (Wildman–Crippen LogP) is 4.20. The van der Waals surface area contributed by atoms with E-state index in [1.807, 2.05) is 37.3 Å². The van der Waals surface area contributed by atoms with Crippen LogP contribution in [0.4, 0.5) is 5.69 Å². The molecule has 0 saturated carbocycles. The number of furan rings is 1. The number of carbonyl (C=O) groups excluding carboxylic acids is 3. The molecule has 1 aromatic heterocycles. The molecule has 2 N–H and O–H groups in total. The summed E-state index contributed by atoms with van der Waals surface area (Å²) in [7, 11) is 0. The number of benzene rings is 2. The van der Waals surface area contributed by atoms with E-state index in [4.69, 9.17) is 4.42 Å². The largest absolute Gasteiger partial charge is 0.451 e. The van der Waals surface area contributed by atoms with Crippen molar-refractivity contribution in [2.24, 2.45) is 0 Å². The summed E-state index contributed by atoms with van der Waals surface area (Å²) >= 11 is 0. The van der Waals surface area contributed by atoms with Gasteiger partial charge in [0.2, 0.25) is 12.3 Å². The molecular formula is C25H27N3O5. The highest BCUT2D eigenvalue weighted by Crippen LogP contribution is 2.24. The molecule has 3 aromatic rings. The van der Waals surface area contributed by atoms with Gasteiger partial charge in [-0.25, -0.2) is 5.06 Å². The van der Waals surface area contributed by atoms with Gasteiger partial charge in [-0.1, -0.05) is 61.9 Å². The highest BCUT2D eigenvalue weighted by molar-refractivity contribution is 5.96. The summed E-state index contributed by atoms with van der Waals surface area (Å²) in [6.45, 7) is 1.80. The van der Waals surface area contributed by atoms with E-state index in [-0.39, 0.29) is 24.9 Å². The quantitative estimate of drug-likeness (QED) is 0.198. The molecule has 0 saturated heterocycles. The van der Waals surface area contributed by atoms with Gasteiger partial charge in [0, 0.05) is 12.0 Å². The van der Waals surface area contributed by atoms with Crippen LogP contribution in [0, 0.1) is 0 Å². The Bertz CT molecular complexity index is 1080. The molecule has 2 aromatic carbocycles. The molecule has 0 bridgehead atoms. The van der Waals surface area contributed by atoms with E-state index in [1.54, 1.807) is 36.4 Å². The Morgan fingerprint density at radius 1 is 1.03 bits per heavy atom. The van der Waals surface area contributed by atoms with Crippen molar-refractivity contribution in [2.75, 3.05) is 11.6 Å². The highest BCUT2D eigenvalue weighted by Gasteiger charge is 2.21. The van der Waals surface area contributed by atoms with E-state index in [9.17, 15) is 19.6 Å². The van der Waals surface area contributed by atoms with Gasteiger partial charge in [-0.05, 0) is 30.2 Å². The number of nitrogens with one attached hydrogen (secondary N) is 1. The van der Waals surface area contributed by atoms with Crippen molar-refractivity contribution in [3.8, 4) is 11.3 Å². The third-order valence-corrected chi connectivity index (χ3v) is 5.07. The Balaban J connectivity index is 1.78. The predicted molar refractivity (Wildman–Crippen MR) is 123 cm³/mol. The molecule has 8 heteroatoms. The minimum Gasteiger partial charge on any atom is -0.451 e. The summed E-state index contributed by atoms with van der Waals surface area (Å²) < 4.78 is 5.69. The molecule has 0 atom stereocenters. The first-order valence-electron chi connectivity index (χ1n) is 10.8. The Morgan fingerprint density at radius 3 is 2.48 bits per heavy atom. The summed E-state index contributed by atoms with van der Waals surface area (Å²) in [5, 5.41) is 12.9. The molecule has 0 radical (unpaired) electrons. The number of hydrogen-bond donors (Lipinski definition) is 2. The first-order chi connectivity index (χ1) is 16.0. The third-order valence-electron chi connectivity index (χ3n) is 5.07. The average molecular weight is 450 g/mol. The van der Waals surface area contributed by atoms with Gasteiger partial charge in [0.05, 0.1) is 18.9 Å². The van der Waals surface area contributed by atoms with Crippen LogP contribution in [0.5, 0.6) is 0 Å². The molecule has 0 unspecified atom stereocenters. The van der Waals surface area contributed by atoms with Gasteiger partial charge >= 0.3 is 0 Å². The molecule has 3 amide bonds. The van der Waals surface area contributed by atoms with Crippen LogP contribution in [0.3, 0.4) is 0 Å². The van der Waals surface area contributed by atoms with Gasteiger partial charge in [0.15, 0.2) is 5.76 Å². The second-order valence-electron chi connectivity index (χ2n) is 7.45. The van der Waals surface area contributed by atoms with Crippen LogP contribution in [0.15, 0.2) is 71.1 Å². The van der Waals surface area contributed by atoms with Gasteiger partial charge in [-0.3, -0.25) is 24.5 Å². The molecule has 1 heterocycles. The van der Waals surface area contributed by atoms with Gasteiger partial charge < -0.3 is 9.73 Å². The molecule has 8 nitrogen and oxygen atoms in total. The van der Waals surface area contributed by atoms with Crippen molar-refractivity contribution in [1.29, 1.82) is 0 Å². The molecule has 172 valence electrons. The second kappa shape index (κ2) is 11.6. The average Bonchev–Trinajstić information content (AvgIpc) is 3.34. The first-order valence-corrected chi connectivity index (χ1v) is 10.8. The van der Waals surface area contributed by atoms with Gasteiger partial charge in [-0.15, -0.1) is 0 Å². The van der Waals surface area contributed by atoms with Crippen molar-refractivity contribution in [3.63, 3.8) is 0 Å². The minimum absolute atomic E-state index is 0.0910. The van der Waals surface area contributed by atoms with Crippen LogP contribution in [-0.2, 0) is 16.1 Å². The second-order valence-corrected chi connectivity index (χ2v) is 7.45. The molecule has 0 fully saturated rings. The van der Waals surface area contributed by atoms with Crippen LogP contribution in [-0.4, -0.2) is 35.2 Å². The maximum Gasteiger partial charge on any atom is 0.288 e. The molecular weight excluding hydrogens is 422 g/mol. The van der Waals surface area contributed by atoms with E-state index in [0.717, 1.165) is 12.0 Å². The van der Waals surface area contributed by atoms with Crippen molar-refractivity contribution >= 4 is 23.9 Å². The monoisotopic (exact) mass is 449 g/mol. The molecule has 0 aliphatic carbocycles. The number of rotatable bonds is 11. The van der Waals surface area contributed by atoms with Crippen molar-refractivity contribution in [2.45, 2.75) is 32.7 Å². The Kier molecular flexibility index (Phi) is 8.37. The smallest absolute Gasteiger partial charge is 0.288 e. The summed E-state index contributed by atoms with van der Waals surface area (Å²) in [6.07, 6.45) is 2.14. The normalized spacial score (nSPS) is 10.5. The highest BCUT2D eigenvalue weighted by atomic mass is 16.5. The topological polar surface area (TPSA) is 103 Å². The minimum atomic E-state index is -0.459. The fourth-order valence-corrected chi connectivity index (χ4v) is 3.35. The van der Waals surface area contributed by atoms with Crippen LogP contribution in [0.2, 0.25) is 0 Å². The van der Waals surface area contributed by atoms with Crippen molar-refractivity contribution in [1.82, 2.24) is 10.4 Å². The molecule has 0 spiro atoms. The van der Waals surface area contributed by atoms with E-state index in [2.05, 4.69) is 5.32 Å². The first kappa shape index (κ1) is 23.7. The summed E-state index contributed by atoms with van der Waals surface area (Å²) in [4.78, 5) is 38.0. The lowest BCUT2D eigenvalue weighted by molar-refractivity contribution is -0.152. The standard InChI is InChI=1S/C25H27N3O5/c1-2-3-13-24(30)28(21-12-8-7-11-20(21)16-27(32)18-29)17-26-25(31)23-15-14-22(33-23)19-9-5-4-6-10-19/h4-12,14-15,18,32H,2-3,13,16-17H2,1H3,(H,26,31). The third kappa shape index (κ3) is 6.30. The van der Waals surface area contributed by atoms with E-state index < -0.39 is 5.91 Å². The van der Waals surface area contributed by atoms with Crippen LogP contribution >= 0.6 is 0 Å². The van der Waals surface area contributed by atoms with Crippen LogP contribution in [0.25, 0.3) is 11.3 Å². The van der Waals surface area contributed by atoms with Crippen LogP contribution in [0.1, 0.15) is 42.3 Å². The lowest BCUT2D eigenvalue weighted by Gasteiger charge is -2.26. The van der Waals surface area contributed by atoms with E-state index in [1.165, 1.54) is 4.90 Å². The van der Waals surface area contributed by atoms with Gasteiger partial charge in [0.1, 0.15) is 5.76 Å². The lowest BCUT2D eigenvalue weighted by Crippen LogP contribution is -2.42. The number of unbranched alkanes of at least 4 members (excludes halogenated alkanes) is 1. The van der Waals surface area contributed by atoms with Crippen molar-refractivity contribution in [3.05, 3.63) is 78.1 Å². The number of anilines is 1.